The van der Waals surface area contributed by atoms with Gasteiger partial charge in [0, 0.05) is 25.2 Å². The highest BCUT2D eigenvalue weighted by Crippen LogP contribution is 2.26. The van der Waals surface area contributed by atoms with Crippen LogP contribution in [0.5, 0.6) is 0 Å². The van der Waals surface area contributed by atoms with E-state index in [1.54, 1.807) is 18.2 Å². The fourth-order valence-electron chi connectivity index (χ4n) is 3.83. The third-order valence-corrected chi connectivity index (χ3v) is 5.49. The van der Waals surface area contributed by atoms with Crippen molar-refractivity contribution in [1.29, 1.82) is 0 Å². The van der Waals surface area contributed by atoms with E-state index in [2.05, 4.69) is 20.3 Å². The van der Waals surface area contributed by atoms with Crippen LogP contribution in [0.15, 0.2) is 50.6 Å². The van der Waals surface area contributed by atoms with Crippen LogP contribution in [0, 0.1) is 0 Å². The van der Waals surface area contributed by atoms with Crippen LogP contribution in [0.3, 0.4) is 0 Å². The van der Waals surface area contributed by atoms with Crippen molar-refractivity contribution >= 4 is 28.3 Å². The zero-order valence-electron chi connectivity index (χ0n) is 15.8. The van der Waals surface area contributed by atoms with Crippen molar-refractivity contribution in [1.82, 2.24) is 15.6 Å². The van der Waals surface area contributed by atoms with Gasteiger partial charge in [0.25, 0.3) is 16.8 Å². The SMILES string of the molecule is Nc1c(N2CCc3ccc(CNC(=O)c4ccc5nonc5c4)cc3C2)c(=O)c1=O. The van der Waals surface area contributed by atoms with E-state index in [9.17, 15) is 14.4 Å². The summed E-state index contributed by atoms with van der Waals surface area (Å²) in [5.74, 6) is -0.226. The van der Waals surface area contributed by atoms with Gasteiger partial charge in [-0.05, 0) is 51.6 Å². The number of carbonyl (C=O) groups excluding carboxylic acids is 1. The van der Waals surface area contributed by atoms with Gasteiger partial charge in [-0.25, -0.2) is 4.63 Å². The lowest BCUT2D eigenvalue weighted by Gasteiger charge is -2.32. The van der Waals surface area contributed by atoms with E-state index in [0.29, 0.717) is 41.9 Å². The fourth-order valence-corrected chi connectivity index (χ4v) is 3.83. The van der Waals surface area contributed by atoms with E-state index in [1.165, 1.54) is 5.56 Å². The Morgan fingerprint density at radius 3 is 2.73 bits per heavy atom. The van der Waals surface area contributed by atoms with Gasteiger partial charge in [-0.1, -0.05) is 18.2 Å². The lowest BCUT2D eigenvalue weighted by molar-refractivity contribution is 0.0951. The number of benzene rings is 2. The zero-order chi connectivity index (χ0) is 20.8. The molecule has 3 aromatic carbocycles. The number of nitrogens with one attached hydrogen (secondary N) is 1. The van der Waals surface area contributed by atoms with Gasteiger partial charge in [-0.2, -0.15) is 0 Å². The van der Waals surface area contributed by atoms with Gasteiger partial charge < -0.3 is 16.0 Å². The summed E-state index contributed by atoms with van der Waals surface area (Å²) in [6.45, 7) is 1.49. The molecular formula is C21H17N5O4. The van der Waals surface area contributed by atoms with Crippen molar-refractivity contribution in [3.05, 3.63) is 79.1 Å². The summed E-state index contributed by atoms with van der Waals surface area (Å²) in [6.07, 6.45) is 0.756. The smallest absolute Gasteiger partial charge is 0.253 e. The van der Waals surface area contributed by atoms with E-state index < -0.39 is 10.9 Å². The Balaban J connectivity index is 1.30. The topological polar surface area (TPSA) is 131 Å². The Morgan fingerprint density at radius 2 is 1.90 bits per heavy atom. The molecule has 9 heteroatoms. The van der Waals surface area contributed by atoms with Gasteiger partial charge in [0.05, 0.1) is 0 Å². The van der Waals surface area contributed by atoms with E-state index in [1.807, 2.05) is 23.1 Å². The summed E-state index contributed by atoms with van der Waals surface area (Å²) in [7, 11) is 0. The molecule has 0 fully saturated rings. The van der Waals surface area contributed by atoms with Crippen LogP contribution in [-0.2, 0) is 19.5 Å². The van der Waals surface area contributed by atoms with Crippen LogP contribution in [0.1, 0.15) is 27.0 Å². The summed E-state index contributed by atoms with van der Waals surface area (Å²) in [5, 5.41) is 10.4. The molecule has 30 heavy (non-hydrogen) atoms. The maximum atomic E-state index is 12.5. The molecule has 4 aromatic rings. The second kappa shape index (κ2) is 6.80. The summed E-state index contributed by atoms with van der Waals surface area (Å²) < 4.78 is 4.65. The lowest BCUT2D eigenvalue weighted by Crippen LogP contribution is -2.44. The summed E-state index contributed by atoms with van der Waals surface area (Å²) in [5.41, 5.74) is 9.71. The second-order valence-electron chi connectivity index (χ2n) is 7.35. The molecule has 150 valence electrons. The van der Waals surface area contributed by atoms with Crippen molar-refractivity contribution in [3.8, 4) is 0 Å². The van der Waals surface area contributed by atoms with Gasteiger partial charge in [0.1, 0.15) is 22.4 Å². The maximum Gasteiger partial charge on any atom is 0.253 e. The van der Waals surface area contributed by atoms with Crippen LogP contribution in [-0.4, -0.2) is 22.8 Å². The van der Waals surface area contributed by atoms with Crippen molar-refractivity contribution in [2.45, 2.75) is 19.5 Å². The number of carbonyl (C=O) groups is 1. The predicted molar refractivity (Wildman–Crippen MR) is 110 cm³/mol. The number of nitrogens with two attached hydrogens (primary N) is 1. The fraction of sp³-hybridized carbons (Fsp3) is 0.190. The molecule has 0 radical (unpaired) electrons. The second-order valence-corrected chi connectivity index (χ2v) is 7.35. The van der Waals surface area contributed by atoms with Crippen LogP contribution in [0.25, 0.3) is 11.0 Å². The van der Waals surface area contributed by atoms with Crippen LogP contribution >= 0.6 is 0 Å². The minimum atomic E-state index is -0.605. The monoisotopic (exact) mass is 403 g/mol. The van der Waals surface area contributed by atoms with Gasteiger partial charge in [0.15, 0.2) is 0 Å². The van der Waals surface area contributed by atoms with Gasteiger partial charge in [0.2, 0.25) is 0 Å². The first kappa shape index (κ1) is 18.0. The molecule has 0 spiro atoms. The molecule has 3 N–H and O–H groups in total. The highest BCUT2D eigenvalue weighted by atomic mass is 16.6. The molecular weight excluding hydrogens is 386 g/mol. The minimum absolute atomic E-state index is 0.0474. The number of amides is 1. The van der Waals surface area contributed by atoms with Crippen molar-refractivity contribution in [3.63, 3.8) is 0 Å². The third-order valence-electron chi connectivity index (χ3n) is 5.49. The molecule has 1 amide bonds. The predicted octanol–water partition coefficient (Wildman–Crippen LogP) is 0.894. The lowest BCUT2D eigenvalue weighted by atomic mass is 9.96. The molecule has 9 nitrogen and oxygen atoms in total. The van der Waals surface area contributed by atoms with Crippen LogP contribution in [0.2, 0.25) is 0 Å². The first-order chi connectivity index (χ1) is 14.5. The summed E-state index contributed by atoms with van der Waals surface area (Å²) >= 11 is 0. The Morgan fingerprint density at radius 1 is 1.07 bits per heavy atom. The van der Waals surface area contributed by atoms with Crippen LogP contribution in [0.4, 0.5) is 11.4 Å². The Hall–Kier alpha value is -4.01. The number of hydrogen-bond acceptors (Lipinski definition) is 8. The van der Waals surface area contributed by atoms with E-state index in [0.717, 1.165) is 17.5 Å². The molecule has 1 aromatic heterocycles. The van der Waals surface area contributed by atoms with Gasteiger partial charge in [-0.3, -0.25) is 14.4 Å². The molecule has 0 unspecified atom stereocenters. The number of nitrogen functional groups attached to an aromatic ring is 1. The number of fused-ring (bicyclic) bond motifs is 2. The number of aromatic nitrogens is 2. The molecule has 0 bridgehead atoms. The largest absolute Gasteiger partial charge is 0.394 e. The highest BCUT2D eigenvalue weighted by Gasteiger charge is 2.26. The molecule has 0 saturated heterocycles. The molecule has 0 atom stereocenters. The number of anilines is 2. The number of rotatable bonds is 4. The molecule has 0 aliphatic carbocycles. The zero-order valence-corrected chi connectivity index (χ0v) is 15.8. The average molecular weight is 403 g/mol. The first-order valence-electron chi connectivity index (χ1n) is 9.46. The van der Waals surface area contributed by atoms with E-state index in [-0.39, 0.29) is 11.6 Å². The standard InChI is InChI=1S/C21H17N5O4/c22-17-18(20(28)19(17)27)26-6-5-12-2-1-11(7-14(12)10-26)9-23-21(29)13-3-4-15-16(8-13)25-30-24-15/h1-4,7-8H,5-6,9-10,22H2,(H,23,29). The molecule has 1 aliphatic rings. The highest BCUT2D eigenvalue weighted by molar-refractivity contribution is 5.97. The molecule has 2 heterocycles. The third kappa shape index (κ3) is 2.91. The van der Waals surface area contributed by atoms with E-state index >= 15 is 0 Å². The number of hydrogen-bond donors (Lipinski definition) is 2. The minimum Gasteiger partial charge on any atom is -0.394 e. The first-order valence-corrected chi connectivity index (χ1v) is 9.46. The maximum absolute atomic E-state index is 12.5. The van der Waals surface area contributed by atoms with Crippen molar-refractivity contribution in [2.75, 3.05) is 17.2 Å². The quantitative estimate of drug-likeness (QED) is 0.480. The summed E-state index contributed by atoms with van der Waals surface area (Å²) in [6, 6.07) is 11.0. The van der Waals surface area contributed by atoms with Crippen LogP contribution < -0.4 is 26.8 Å². The van der Waals surface area contributed by atoms with Crippen molar-refractivity contribution < 1.29 is 9.42 Å². The Bertz CT molecular complexity index is 1370. The Kier molecular flexibility index (Phi) is 4.09. The van der Waals surface area contributed by atoms with Gasteiger partial charge in [-0.15, -0.1) is 0 Å². The molecule has 0 saturated carbocycles. The van der Waals surface area contributed by atoms with E-state index in [4.69, 9.17) is 5.73 Å². The molecule has 5 rings (SSSR count). The number of nitrogens with zero attached hydrogens (tertiary/aromatic N) is 3. The Labute approximate surface area is 169 Å². The van der Waals surface area contributed by atoms with Crippen molar-refractivity contribution in [2.24, 2.45) is 0 Å². The van der Waals surface area contributed by atoms with Gasteiger partial charge >= 0.3 is 0 Å². The summed E-state index contributed by atoms with van der Waals surface area (Å²) in [4.78, 5) is 37.6. The normalized spacial score (nSPS) is 13.5. The molecule has 1 aliphatic heterocycles. The average Bonchev–Trinajstić information content (AvgIpc) is 3.25.